The van der Waals surface area contributed by atoms with Gasteiger partial charge in [0.05, 0.1) is 13.7 Å². The molecule has 4 rings (SSSR count). The molecule has 0 aromatic heterocycles. The Hall–Kier alpha value is -0.429. The van der Waals surface area contributed by atoms with Crippen LogP contribution in [0.25, 0.3) is 0 Å². The van der Waals surface area contributed by atoms with E-state index in [-0.39, 0.29) is 5.60 Å². The van der Waals surface area contributed by atoms with Gasteiger partial charge in [0.2, 0.25) is 0 Å². The molecule has 0 amide bonds. The van der Waals surface area contributed by atoms with Crippen LogP contribution in [-0.4, -0.2) is 36.4 Å². The highest BCUT2D eigenvalue weighted by molar-refractivity contribution is 6.82. The van der Waals surface area contributed by atoms with Gasteiger partial charge in [-0.1, -0.05) is 132 Å². The average molecular weight is 611 g/mol. The first kappa shape index (κ1) is 33.5. The maximum Gasteiger partial charge on any atom is 0.0598 e. The SMILES string of the molecule is CC(C)(C)OCCCCCC[Si](C)(C1CC(C[Si](C)(C)C)C2C=CC=CC21)C1CC(C[Si](C)(C)C)C2C=CC=CC21. The smallest absolute Gasteiger partial charge is 0.0598 e. The number of hydrogen-bond acceptors (Lipinski definition) is 1. The van der Waals surface area contributed by atoms with Crippen molar-refractivity contribution in [1.29, 1.82) is 0 Å². The molecule has 2 saturated carbocycles. The van der Waals surface area contributed by atoms with Crippen LogP contribution in [-0.2, 0) is 4.74 Å². The summed E-state index contributed by atoms with van der Waals surface area (Å²) in [6, 6.07) is 4.57. The van der Waals surface area contributed by atoms with Crippen LogP contribution in [0.1, 0.15) is 59.3 Å². The summed E-state index contributed by atoms with van der Waals surface area (Å²) in [6.45, 7) is 26.1. The molecule has 8 unspecified atom stereocenters. The van der Waals surface area contributed by atoms with Crippen molar-refractivity contribution in [1.82, 2.24) is 0 Å². The Kier molecular flexibility index (Phi) is 10.8. The van der Waals surface area contributed by atoms with E-state index in [0.29, 0.717) is 0 Å². The summed E-state index contributed by atoms with van der Waals surface area (Å²) in [5, 5.41) is 0. The van der Waals surface area contributed by atoms with E-state index in [1.807, 2.05) is 0 Å². The predicted molar refractivity (Wildman–Crippen MR) is 191 cm³/mol. The highest BCUT2D eigenvalue weighted by Gasteiger charge is 2.58. The Labute approximate surface area is 258 Å². The molecule has 232 valence electrons. The molecule has 41 heavy (non-hydrogen) atoms. The normalized spacial score (nSPS) is 34.6. The highest BCUT2D eigenvalue weighted by Crippen LogP contribution is 2.64. The predicted octanol–water partition coefficient (Wildman–Crippen LogP) is 11.6. The molecule has 0 aromatic rings. The van der Waals surface area contributed by atoms with Gasteiger partial charge in [0.1, 0.15) is 0 Å². The third kappa shape index (κ3) is 8.82. The van der Waals surface area contributed by atoms with Crippen molar-refractivity contribution in [2.75, 3.05) is 6.61 Å². The number of unbranched alkanes of at least 4 members (excludes halogenated alkanes) is 3. The van der Waals surface area contributed by atoms with Crippen LogP contribution in [0.4, 0.5) is 0 Å². The molecular weight excluding hydrogens is 545 g/mol. The second kappa shape index (κ2) is 13.3. The molecule has 0 N–H and O–H groups in total. The minimum atomic E-state index is -1.60. The van der Waals surface area contributed by atoms with E-state index in [9.17, 15) is 0 Å². The molecular formula is C37H66OSi3. The van der Waals surface area contributed by atoms with Gasteiger partial charge in [-0.25, -0.2) is 0 Å². The minimum Gasteiger partial charge on any atom is -0.376 e. The molecule has 0 heterocycles. The van der Waals surface area contributed by atoms with Crippen LogP contribution in [0, 0.1) is 35.5 Å². The van der Waals surface area contributed by atoms with Crippen molar-refractivity contribution >= 4 is 24.2 Å². The van der Waals surface area contributed by atoms with E-state index in [4.69, 9.17) is 4.74 Å². The molecule has 4 heteroatoms. The lowest BCUT2D eigenvalue weighted by Gasteiger charge is -2.45. The number of allylic oxidation sites excluding steroid dienone is 8. The van der Waals surface area contributed by atoms with Gasteiger partial charge in [0, 0.05) is 22.8 Å². The standard InChI is InChI=1S/C37H66OSi3/c1-37(2,3)38-23-17-11-12-18-24-41(10,35-25-29(27-39(4,5)6)31-19-13-15-21-33(31)35)36-26-30(28-40(7,8)9)32-20-14-16-22-34(32)36/h13-16,19-22,29-36H,11-12,17-18,23-28H2,1-10H3. The summed E-state index contributed by atoms with van der Waals surface area (Å²) in [6.07, 6.45) is 28.7. The largest absolute Gasteiger partial charge is 0.376 e. The van der Waals surface area contributed by atoms with Crippen LogP contribution in [0.3, 0.4) is 0 Å². The molecule has 4 aliphatic rings. The fraction of sp³-hybridized carbons (Fsp3) is 0.784. The molecule has 0 aromatic carbocycles. The van der Waals surface area contributed by atoms with Gasteiger partial charge in [-0.3, -0.25) is 0 Å². The summed E-state index contributed by atoms with van der Waals surface area (Å²) >= 11 is 0. The first-order valence-corrected chi connectivity index (χ1v) is 27.7. The molecule has 8 atom stereocenters. The summed E-state index contributed by atoms with van der Waals surface area (Å²) in [5.74, 6) is 5.03. The van der Waals surface area contributed by atoms with Crippen LogP contribution >= 0.6 is 0 Å². The van der Waals surface area contributed by atoms with Gasteiger partial charge >= 0.3 is 0 Å². The zero-order valence-corrected chi connectivity index (χ0v) is 31.7. The third-order valence-corrected chi connectivity index (χ3v) is 20.7. The van der Waals surface area contributed by atoms with Crippen molar-refractivity contribution < 1.29 is 4.74 Å². The number of fused-ring (bicyclic) bond motifs is 2. The fourth-order valence-electron chi connectivity index (χ4n) is 9.73. The van der Waals surface area contributed by atoms with Crippen LogP contribution in [0.5, 0.6) is 0 Å². The van der Waals surface area contributed by atoms with Gasteiger partial charge in [-0.15, -0.1) is 0 Å². The second-order valence-electron chi connectivity index (χ2n) is 18.2. The highest BCUT2D eigenvalue weighted by atomic mass is 28.3. The van der Waals surface area contributed by atoms with Crippen LogP contribution < -0.4 is 0 Å². The van der Waals surface area contributed by atoms with E-state index in [1.165, 1.54) is 50.6 Å². The zero-order chi connectivity index (χ0) is 30.1. The maximum atomic E-state index is 6.05. The summed E-state index contributed by atoms with van der Waals surface area (Å²) in [7, 11) is -3.83. The maximum absolute atomic E-state index is 6.05. The van der Waals surface area contributed by atoms with E-state index < -0.39 is 24.2 Å². The quantitative estimate of drug-likeness (QED) is 0.149. The molecule has 4 aliphatic carbocycles. The van der Waals surface area contributed by atoms with Crippen LogP contribution in [0.15, 0.2) is 48.6 Å². The third-order valence-electron chi connectivity index (χ3n) is 11.2. The zero-order valence-electron chi connectivity index (χ0n) is 28.7. The molecule has 0 aliphatic heterocycles. The number of hydrogen-bond donors (Lipinski definition) is 0. The average Bonchev–Trinajstić information content (AvgIpc) is 3.40. The van der Waals surface area contributed by atoms with Crippen molar-refractivity contribution in [3.05, 3.63) is 48.6 Å². The van der Waals surface area contributed by atoms with E-state index >= 15 is 0 Å². The first-order chi connectivity index (χ1) is 19.1. The fourth-order valence-corrected chi connectivity index (χ4v) is 20.2. The van der Waals surface area contributed by atoms with Crippen LogP contribution in [0.2, 0.25) is 75.0 Å². The number of ether oxygens (including phenoxy) is 1. The lowest BCUT2D eigenvalue weighted by Crippen LogP contribution is -2.45. The molecule has 0 radical (unpaired) electrons. The van der Waals surface area contributed by atoms with Gasteiger partial charge in [0.15, 0.2) is 0 Å². The first-order valence-electron chi connectivity index (χ1n) is 17.4. The molecule has 0 bridgehead atoms. The Morgan fingerprint density at radius 2 is 1.00 bits per heavy atom. The Bertz CT molecular complexity index is 910. The van der Waals surface area contributed by atoms with Gasteiger partial charge in [-0.05, 0) is 86.6 Å². The van der Waals surface area contributed by atoms with Crippen molar-refractivity contribution in [3.63, 3.8) is 0 Å². The monoisotopic (exact) mass is 610 g/mol. The topological polar surface area (TPSA) is 9.23 Å². The minimum absolute atomic E-state index is 0.00760. The summed E-state index contributed by atoms with van der Waals surface area (Å²) in [4.78, 5) is 0. The van der Waals surface area contributed by atoms with Crippen molar-refractivity contribution in [2.45, 2.75) is 140 Å². The van der Waals surface area contributed by atoms with Gasteiger partial charge in [-0.2, -0.15) is 0 Å². The Morgan fingerprint density at radius 1 is 0.585 bits per heavy atom. The molecule has 2 fully saturated rings. The Morgan fingerprint density at radius 3 is 1.41 bits per heavy atom. The lowest BCUT2D eigenvalue weighted by atomic mass is 9.87. The summed E-state index contributed by atoms with van der Waals surface area (Å²) < 4.78 is 6.05. The van der Waals surface area contributed by atoms with E-state index in [0.717, 1.165) is 53.2 Å². The second-order valence-corrected chi connectivity index (χ2v) is 34.3. The van der Waals surface area contributed by atoms with Gasteiger partial charge < -0.3 is 4.74 Å². The lowest BCUT2D eigenvalue weighted by molar-refractivity contribution is -0.00471. The van der Waals surface area contributed by atoms with Crippen molar-refractivity contribution in [3.8, 4) is 0 Å². The molecule has 0 spiro atoms. The number of rotatable bonds is 13. The van der Waals surface area contributed by atoms with E-state index in [1.54, 1.807) is 6.04 Å². The van der Waals surface area contributed by atoms with Crippen molar-refractivity contribution in [2.24, 2.45) is 35.5 Å². The summed E-state index contributed by atoms with van der Waals surface area (Å²) in [5.41, 5.74) is 1.90. The Balaban J connectivity index is 1.58. The molecule has 0 saturated heterocycles. The van der Waals surface area contributed by atoms with Gasteiger partial charge in [0.25, 0.3) is 0 Å². The van der Waals surface area contributed by atoms with E-state index in [2.05, 4.69) is 115 Å². The molecule has 1 nitrogen and oxygen atoms in total.